The van der Waals surface area contributed by atoms with E-state index in [4.69, 9.17) is 0 Å². The second-order valence-corrected chi connectivity index (χ2v) is 5.46. The number of Topliss-reactive ketones (excluding diaryl/α,β-unsaturated/α-hetero) is 1. The molecule has 0 spiro atoms. The molecule has 1 aliphatic heterocycles. The van der Waals surface area contributed by atoms with Crippen LogP contribution in [0.4, 0.5) is 8.78 Å². The number of carbonyl (C=O) groups excluding carboxylic acids is 2. The minimum absolute atomic E-state index is 0.0310. The van der Waals surface area contributed by atoms with Crippen LogP contribution in [0.2, 0.25) is 0 Å². The summed E-state index contributed by atoms with van der Waals surface area (Å²) in [4.78, 5) is 26.1. The second-order valence-electron chi connectivity index (χ2n) is 5.46. The summed E-state index contributed by atoms with van der Waals surface area (Å²) in [6.45, 7) is 0.579. The zero-order valence-electron chi connectivity index (χ0n) is 10.9. The van der Waals surface area contributed by atoms with Gasteiger partial charge in [-0.1, -0.05) is 0 Å². The lowest BCUT2D eigenvalue weighted by Crippen LogP contribution is -2.41. The van der Waals surface area contributed by atoms with Gasteiger partial charge in [-0.15, -0.1) is 0 Å². The maximum atomic E-state index is 13.2. The molecule has 0 bridgehead atoms. The van der Waals surface area contributed by atoms with Crippen molar-refractivity contribution in [2.24, 2.45) is 5.92 Å². The van der Waals surface area contributed by atoms with Crippen LogP contribution in [-0.2, 0) is 4.79 Å². The fraction of sp³-hybridized carbons (Fsp3) is 0.467. The van der Waals surface area contributed by atoms with E-state index in [9.17, 15) is 18.4 Å². The number of likely N-dealkylation sites (tertiary alicyclic amines) is 1. The lowest BCUT2D eigenvalue weighted by molar-refractivity contribution is -0.132. The molecule has 2 fully saturated rings. The van der Waals surface area contributed by atoms with Crippen LogP contribution in [0.3, 0.4) is 0 Å². The van der Waals surface area contributed by atoms with Gasteiger partial charge in [0.1, 0.15) is 0 Å². The van der Waals surface area contributed by atoms with E-state index in [-0.39, 0.29) is 23.2 Å². The molecule has 1 aliphatic carbocycles. The molecule has 1 aromatic carbocycles. The predicted molar refractivity (Wildman–Crippen MR) is 68.1 cm³/mol. The normalized spacial score (nSPS) is 22.1. The molecule has 1 saturated heterocycles. The number of hydrogen-bond donors (Lipinski definition) is 0. The van der Waals surface area contributed by atoms with Crippen LogP contribution in [0.1, 0.15) is 36.0 Å². The van der Waals surface area contributed by atoms with Crippen molar-refractivity contribution in [3.8, 4) is 0 Å². The molecular weight excluding hydrogens is 264 g/mol. The molecule has 2 aliphatic rings. The summed E-state index contributed by atoms with van der Waals surface area (Å²) in [7, 11) is 0. The first kappa shape index (κ1) is 13.2. The Morgan fingerprint density at radius 3 is 2.50 bits per heavy atom. The largest absolute Gasteiger partial charge is 0.332 e. The molecule has 106 valence electrons. The molecule has 1 amide bonds. The minimum Gasteiger partial charge on any atom is -0.332 e. The van der Waals surface area contributed by atoms with Gasteiger partial charge in [0.05, 0.1) is 6.04 Å². The molecule has 0 aromatic heterocycles. The van der Waals surface area contributed by atoms with Crippen LogP contribution in [0.25, 0.3) is 0 Å². The van der Waals surface area contributed by atoms with Crippen molar-refractivity contribution >= 4 is 11.7 Å². The summed E-state index contributed by atoms with van der Waals surface area (Å²) in [5.74, 6) is -2.21. The molecule has 3 rings (SSSR count). The number of ketones is 1. The zero-order valence-corrected chi connectivity index (χ0v) is 10.9. The van der Waals surface area contributed by atoms with E-state index in [2.05, 4.69) is 0 Å². The zero-order chi connectivity index (χ0) is 14.3. The van der Waals surface area contributed by atoms with Gasteiger partial charge in [0.2, 0.25) is 5.91 Å². The molecule has 20 heavy (non-hydrogen) atoms. The summed E-state index contributed by atoms with van der Waals surface area (Å²) in [5, 5.41) is 0. The number of nitrogens with zero attached hydrogens (tertiary/aromatic N) is 1. The van der Waals surface area contributed by atoms with Crippen LogP contribution in [0.15, 0.2) is 18.2 Å². The molecule has 3 nitrogen and oxygen atoms in total. The Bertz CT molecular complexity index is 569. The average molecular weight is 279 g/mol. The highest BCUT2D eigenvalue weighted by molar-refractivity contribution is 6.02. The Morgan fingerprint density at radius 2 is 1.85 bits per heavy atom. The lowest BCUT2D eigenvalue weighted by atomic mass is 10.0. The van der Waals surface area contributed by atoms with Crippen LogP contribution in [0.5, 0.6) is 0 Å². The van der Waals surface area contributed by atoms with Crippen molar-refractivity contribution in [3.05, 3.63) is 35.4 Å². The second kappa shape index (κ2) is 4.96. The Morgan fingerprint density at radius 1 is 1.10 bits per heavy atom. The lowest BCUT2D eigenvalue weighted by Gasteiger charge is -2.23. The first-order valence-corrected chi connectivity index (χ1v) is 6.87. The number of rotatable bonds is 3. The van der Waals surface area contributed by atoms with Crippen molar-refractivity contribution in [2.45, 2.75) is 31.7 Å². The molecule has 1 unspecified atom stereocenters. The Kier molecular flexibility index (Phi) is 3.28. The quantitative estimate of drug-likeness (QED) is 0.797. The van der Waals surface area contributed by atoms with Gasteiger partial charge in [-0.25, -0.2) is 8.78 Å². The van der Waals surface area contributed by atoms with Gasteiger partial charge in [-0.3, -0.25) is 9.59 Å². The first-order chi connectivity index (χ1) is 9.58. The smallest absolute Gasteiger partial charge is 0.226 e. The topological polar surface area (TPSA) is 37.4 Å². The third-order valence-electron chi connectivity index (χ3n) is 3.97. The summed E-state index contributed by atoms with van der Waals surface area (Å²) in [6, 6.07) is 2.62. The number of halogens is 2. The van der Waals surface area contributed by atoms with Gasteiger partial charge < -0.3 is 4.90 Å². The molecule has 5 heteroatoms. The van der Waals surface area contributed by atoms with Crippen molar-refractivity contribution in [1.82, 2.24) is 4.90 Å². The number of carbonyl (C=O) groups is 2. The average Bonchev–Trinajstić information content (AvgIpc) is 3.17. The number of amides is 1. The Hall–Kier alpha value is -1.78. The van der Waals surface area contributed by atoms with Crippen LogP contribution < -0.4 is 0 Å². The monoisotopic (exact) mass is 279 g/mol. The van der Waals surface area contributed by atoms with Crippen LogP contribution in [-0.4, -0.2) is 29.2 Å². The predicted octanol–water partition coefficient (Wildman–Crippen LogP) is 2.55. The molecule has 1 atom stereocenters. The van der Waals surface area contributed by atoms with E-state index in [0.29, 0.717) is 13.0 Å². The van der Waals surface area contributed by atoms with Gasteiger partial charge in [0, 0.05) is 18.0 Å². The maximum Gasteiger partial charge on any atom is 0.226 e. The Balaban J connectivity index is 1.81. The maximum absolute atomic E-state index is 13.2. The summed E-state index contributed by atoms with van der Waals surface area (Å²) in [6.07, 6.45) is 3.15. The highest BCUT2D eigenvalue weighted by Gasteiger charge is 2.41. The van der Waals surface area contributed by atoms with E-state index in [1.807, 2.05) is 0 Å². The van der Waals surface area contributed by atoms with E-state index >= 15 is 0 Å². The minimum atomic E-state index is -1.03. The van der Waals surface area contributed by atoms with Crippen molar-refractivity contribution in [2.75, 3.05) is 6.54 Å². The SMILES string of the molecule is O=C(c1ccc(F)c(F)c1)C1CCCN1C(=O)C1CC1. The molecule has 1 heterocycles. The Labute approximate surface area is 115 Å². The fourth-order valence-corrected chi connectivity index (χ4v) is 2.71. The fourth-order valence-electron chi connectivity index (χ4n) is 2.71. The van der Waals surface area contributed by atoms with E-state index in [1.54, 1.807) is 4.90 Å². The number of benzene rings is 1. The van der Waals surface area contributed by atoms with Gasteiger partial charge in [-0.2, -0.15) is 0 Å². The third-order valence-corrected chi connectivity index (χ3v) is 3.97. The molecule has 0 N–H and O–H groups in total. The summed E-state index contributed by atoms with van der Waals surface area (Å²) in [5.41, 5.74) is 0.129. The van der Waals surface area contributed by atoms with E-state index in [0.717, 1.165) is 31.4 Å². The standard InChI is InChI=1S/C15H15F2NO2/c16-11-6-5-10(8-12(11)17)14(19)13-2-1-7-18(13)15(20)9-3-4-9/h5-6,8-9,13H,1-4,7H2. The van der Waals surface area contributed by atoms with Crippen molar-refractivity contribution < 1.29 is 18.4 Å². The highest BCUT2D eigenvalue weighted by Crippen LogP contribution is 2.34. The third kappa shape index (κ3) is 2.32. The molecule has 1 saturated carbocycles. The van der Waals surface area contributed by atoms with E-state index in [1.165, 1.54) is 6.07 Å². The molecule has 0 radical (unpaired) electrons. The van der Waals surface area contributed by atoms with Gasteiger partial charge in [0.25, 0.3) is 0 Å². The van der Waals surface area contributed by atoms with Crippen molar-refractivity contribution in [3.63, 3.8) is 0 Å². The van der Waals surface area contributed by atoms with Crippen molar-refractivity contribution in [1.29, 1.82) is 0 Å². The van der Waals surface area contributed by atoms with Gasteiger partial charge >= 0.3 is 0 Å². The number of hydrogen-bond acceptors (Lipinski definition) is 2. The van der Waals surface area contributed by atoms with Crippen LogP contribution in [0, 0.1) is 17.6 Å². The first-order valence-electron chi connectivity index (χ1n) is 6.87. The van der Waals surface area contributed by atoms with Crippen LogP contribution >= 0.6 is 0 Å². The summed E-state index contributed by atoms with van der Waals surface area (Å²) >= 11 is 0. The molecular formula is C15H15F2NO2. The van der Waals surface area contributed by atoms with Gasteiger partial charge in [0.15, 0.2) is 17.4 Å². The highest BCUT2D eigenvalue weighted by atomic mass is 19.2. The van der Waals surface area contributed by atoms with E-state index < -0.39 is 17.7 Å². The van der Waals surface area contributed by atoms with Gasteiger partial charge in [-0.05, 0) is 43.9 Å². The summed E-state index contributed by atoms with van der Waals surface area (Å²) < 4.78 is 26.1. The molecule has 1 aromatic rings.